The summed E-state index contributed by atoms with van der Waals surface area (Å²) >= 11 is 0. The number of ether oxygens (including phenoxy) is 1. The fraction of sp³-hybridized carbons (Fsp3) is 0.933. The summed E-state index contributed by atoms with van der Waals surface area (Å²) < 4.78 is 221. The van der Waals surface area contributed by atoms with Crippen molar-refractivity contribution < 1.29 is 75.4 Å². The molecule has 186 valence electrons. The van der Waals surface area contributed by atoms with Crippen LogP contribution in [0.25, 0.3) is 0 Å². The summed E-state index contributed by atoms with van der Waals surface area (Å²) in [7, 11) is 0. The summed E-state index contributed by atoms with van der Waals surface area (Å²) in [5.74, 6) is -51.5. The van der Waals surface area contributed by atoms with E-state index in [2.05, 4.69) is 4.74 Å². The van der Waals surface area contributed by atoms with Gasteiger partial charge in [0.15, 0.2) is 0 Å². The number of carbonyl (C=O) groups is 1. The van der Waals surface area contributed by atoms with Gasteiger partial charge in [-0.25, -0.2) is 13.2 Å². The molecule has 0 saturated heterocycles. The summed E-state index contributed by atoms with van der Waals surface area (Å²) in [6.45, 7) is 1.51. The van der Waals surface area contributed by atoms with Crippen LogP contribution >= 0.6 is 0 Å². The van der Waals surface area contributed by atoms with Gasteiger partial charge in [-0.15, -0.1) is 0 Å². The highest BCUT2D eigenvalue weighted by molar-refractivity contribution is 5.74. The third-order valence-corrected chi connectivity index (χ3v) is 6.49. The average Bonchev–Trinajstić information content (AvgIpc) is 2.64. The molecule has 1 unspecified atom stereocenters. The van der Waals surface area contributed by atoms with Gasteiger partial charge in [0.2, 0.25) is 0 Å². The molecule has 32 heavy (non-hydrogen) atoms. The molecule has 4 fully saturated rings. The van der Waals surface area contributed by atoms with Crippen molar-refractivity contribution in [3.8, 4) is 0 Å². The zero-order valence-corrected chi connectivity index (χ0v) is 15.3. The molecule has 4 aliphatic rings. The molecule has 17 heteroatoms. The topological polar surface area (TPSA) is 26.3 Å². The second kappa shape index (κ2) is 5.39. The maximum absolute atomic E-state index is 14.8. The Morgan fingerprint density at radius 1 is 0.594 bits per heavy atom. The van der Waals surface area contributed by atoms with Gasteiger partial charge in [0.05, 0.1) is 5.92 Å². The molecule has 0 heterocycles. The molecule has 0 spiro atoms. The van der Waals surface area contributed by atoms with Gasteiger partial charge in [0.25, 0.3) is 0 Å². The minimum atomic E-state index is -7.89. The standard InChI is InChI=1S/C15H9F15O2/c1-3-4(2)5(31)32-9-13(25,26)6(16)10(19,20)7(17,14(9,27)28)12(23,24)8(18,11(6,21)22)15(9,29)30/h4H,3H2,1-2H3. The zero-order chi connectivity index (χ0) is 25.6. The first-order chi connectivity index (χ1) is 13.9. The molecular formula is C15H9F15O2. The van der Waals surface area contributed by atoms with Crippen LogP contribution in [-0.2, 0) is 9.53 Å². The monoisotopic (exact) mass is 506 g/mol. The average molecular weight is 506 g/mol. The van der Waals surface area contributed by atoms with Crippen molar-refractivity contribution >= 4 is 5.97 Å². The molecule has 0 amide bonds. The molecule has 0 N–H and O–H groups in total. The lowest BCUT2D eigenvalue weighted by Crippen LogP contribution is -3.10. The normalized spacial score (nSPS) is 46.5. The van der Waals surface area contributed by atoms with Crippen LogP contribution in [0.15, 0.2) is 0 Å². The Bertz CT molecular complexity index is 767. The lowest BCUT2D eigenvalue weighted by Gasteiger charge is -2.74. The minimum Gasteiger partial charge on any atom is -0.439 e. The second-order valence-corrected chi connectivity index (χ2v) is 7.83. The van der Waals surface area contributed by atoms with Crippen LogP contribution in [0.3, 0.4) is 0 Å². The van der Waals surface area contributed by atoms with Crippen LogP contribution in [-0.4, -0.2) is 64.1 Å². The number of hydrogen-bond acceptors (Lipinski definition) is 2. The van der Waals surface area contributed by atoms with Crippen LogP contribution in [0, 0.1) is 5.92 Å². The Kier molecular flexibility index (Phi) is 4.22. The van der Waals surface area contributed by atoms with Gasteiger partial charge in [0, 0.05) is 0 Å². The lowest BCUT2D eigenvalue weighted by molar-refractivity contribution is -0.614. The van der Waals surface area contributed by atoms with E-state index in [-0.39, 0.29) is 0 Å². The highest BCUT2D eigenvalue weighted by Gasteiger charge is 3.24. The number of halogens is 15. The van der Waals surface area contributed by atoms with Crippen molar-refractivity contribution in [3.63, 3.8) is 0 Å². The van der Waals surface area contributed by atoms with E-state index in [9.17, 15) is 70.7 Å². The maximum atomic E-state index is 14.8. The Morgan fingerprint density at radius 2 is 0.844 bits per heavy atom. The van der Waals surface area contributed by atoms with Crippen LogP contribution in [0.5, 0.6) is 0 Å². The van der Waals surface area contributed by atoms with E-state index in [1.165, 1.54) is 0 Å². The fourth-order valence-corrected chi connectivity index (χ4v) is 4.42. The van der Waals surface area contributed by atoms with Crippen molar-refractivity contribution in [2.75, 3.05) is 0 Å². The molecule has 4 rings (SSSR count). The van der Waals surface area contributed by atoms with Crippen LogP contribution in [0.4, 0.5) is 65.9 Å². The van der Waals surface area contributed by atoms with Crippen molar-refractivity contribution in [3.05, 3.63) is 0 Å². The molecule has 4 bridgehead atoms. The predicted molar refractivity (Wildman–Crippen MR) is 69.5 cm³/mol. The number of alkyl halides is 15. The van der Waals surface area contributed by atoms with Crippen molar-refractivity contribution in [1.82, 2.24) is 0 Å². The number of carbonyl (C=O) groups excluding carboxylic acids is 1. The number of hydrogen-bond donors (Lipinski definition) is 0. The minimum absolute atomic E-state index is 0.566. The fourth-order valence-electron chi connectivity index (χ4n) is 4.42. The molecule has 0 aromatic rings. The van der Waals surface area contributed by atoms with E-state index < -0.39 is 76.5 Å². The van der Waals surface area contributed by atoms with Gasteiger partial charge < -0.3 is 4.74 Å². The number of esters is 1. The SMILES string of the molecule is CCC(C)C(=O)OC12C(F)(F)C3(F)C(F)(F)C(F)(C(F)(F)C(F)(C3(F)F)C1(F)F)C2(F)F. The van der Waals surface area contributed by atoms with Gasteiger partial charge in [-0.05, 0) is 6.42 Å². The van der Waals surface area contributed by atoms with E-state index >= 15 is 0 Å². The molecule has 0 radical (unpaired) electrons. The van der Waals surface area contributed by atoms with Gasteiger partial charge in [-0.2, -0.15) is 52.7 Å². The molecule has 0 aromatic heterocycles. The van der Waals surface area contributed by atoms with Crippen molar-refractivity contribution in [2.45, 2.75) is 78.4 Å². The maximum Gasteiger partial charge on any atom is 0.345 e. The molecule has 0 aromatic carbocycles. The second-order valence-electron chi connectivity index (χ2n) is 7.83. The van der Waals surface area contributed by atoms with Crippen LogP contribution in [0.2, 0.25) is 0 Å². The largest absolute Gasteiger partial charge is 0.439 e. The zero-order valence-electron chi connectivity index (χ0n) is 15.3. The predicted octanol–water partition coefficient (Wildman–Crippen LogP) is 5.29. The lowest BCUT2D eigenvalue weighted by atomic mass is 9.40. The Balaban J connectivity index is 2.63. The van der Waals surface area contributed by atoms with E-state index in [4.69, 9.17) is 0 Å². The van der Waals surface area contributed by atoms with Gasteiger partial charge in [-0.3, -0.25) is 4.79 Å². The molecule has 0 aliphatic heterocycles. The van der Waals surface area contributed by atoms with E-state index in [1.807, 2.05) is 0 Å². The van der Waals surface area contributed by atoms with E-state index in [0.29, 0.717) is 6.92 Å². The Labute approximate surface area is 167 Å². The van der Waals surface area contributed by atoms with E-state index in [1.54, 1.807) is 0 Å². The van der Waals surface area contributed by atoms with Crippen LogP contribution < -0.4 is 0 Å². The highest BCUT2D eigenvalue weighted by atomic mass is 19.3. The summed E-state index contributed by atoms with van der Waals surface area (Å²) in [5.41, 5.74) is -30.4. The van der Waals surface area contributed by atoms with E-state index in [0.717, 1.165) is 6.92 Å². The molecule has 4 aliphatic carbocycles. The quantitative estimate of drug-likeness (QED) is 0.384. The first-order valence-electron chi connectivity index (χ1n) is 8.43. The van der Waals surface area contributed by atoms with Gasteiger partial charge in [-0.1, -0.05) is 13.8 Å². The Morgan fingerprint density at radius 3 is 1.06 bits per heavy atom. The summed E-state index contributed by atoms with van der Waals surface area (Å²) in [4.78, 5) is 11.8. The molecule has 2 nitrogen and oxygen atoms in total. The first kappa shape index (κ1) is 25.1. The van der Waals surface area contributed by atoms with Crippen LogP contribution in [0.1, 0.15) is 20.3 Å². The Hall–Kier alpha value is -1.58. The van der Waals surface area contributed by atoms with Gasteiger partial charge in [0.1, 0.15) is 0 Å². The third kappa shape index (κ3) is 1.55. The van der Waals surface area contributed by atoms with Gasteiger partial charge >= 0.3 is 64.1 Å². The summed E-state index contributed by atoms with van der Waals surface area (Å²) in [6.07, 6.45) is -0.650. The third-order valence-electron chi connectivity index (χ3n) is 6.49. The molecule has 4 saturated carbocycles. The van der Waals surface area contributed by atoms with Crippen molar-refractivity contribution in [1.29, 1.82) is 0 Å². The highest BCUT2D eigenvalue weighted by Crippen LogP contribution is 2.88. The summed E-state index contributed by atoms with van der Waals surface area (Å²) in [5, 5.41) is 0. The molecular weight excluding hydrogens is 497 g/mol. The smallest absolute Gasteiger partial charge is 0.345 e. The molecule has 1 atom stereocenters. The first-order valence-corrected chi connectivity index (χ1v) is 8.43. The number of rotatable bonds is 3. The van der Waals surface area contributed by atoms with Crippen molar-refractivity contribution in [2.24, 2.45) is 5.92 Å². The summed E-state index contributed by atoms with van der Waals surface area (Å²) in [6, 6.07) is 0.